The van der Waals surface area contributed by atoms with Crippen LogP contribution >= 0.6 is 38.5 Å². The number of benzene rings is 3. The molecule has 0 spiro atoms. The first kappa shape index (κ1) is 30.2. The third-order valence-electron chi connectivity index (χ3n) is 6.01. The van der Waals surface area contributed by atoms with Gasteiger partial charge in [-0.3, -0.25) is 4.79 Å². The van der Waals surface area contributed by atoms with Gasteiger partial charge in [-0.25, -0.2) is 10.4 Å². The number of nitriles is 1. The standard InChI is InChI=1S/C30H26BrIN4O5/c1-18-28(31)24(16-38-2)23(13-33)30(35-18)41-17-27(37)36-34-14-19-11-25(32)29(26(12-19)39-3)40-15-21-9-6-8-20-7-4-5-10-22(20)21/h4-12,14H,15-17H2,1-3H3,(H,36,37). The van der Waals surface area contributed by atoms with Crippen molar-refractivity contribution in [2.24, 2.45) is 5.10 Å². The van der Waals surface area contributed by atoms with Gasteiger partial charge in [0.2, 0.25) is 5.88 Å². The number of rotatable bonds is 11. The smallest absolute Gasteiger partial charge is 0.278 e. The minimum absolute atomic E-state index is 0.0535. The van der Waals surface area contributed by atoms with Crippen LogP contribution in [0.2, 0.25) is 0 Å². The van der Waals surface area contributed by atoms with Gasteiger partial charge in [0, 0.05) is 17.1 Å². The molecule has 11 heteroatoms. The Labute approximate surface area is 259 Å². The molecule has 1 aromatic heterocycles. The Hall–Kier alpha value is -3.73. The van der Waals surface area contributed by atoms with E-state index in [-0.39, 0.29) is 24.7 Å². The number of hydrazone groups is 1. The highest BCUT2D eigenvalue weighted by atomic mass is 127. The van der Waals surface area contributed by atoms with Crippen LogP contribution in [0.5, 0.6) is 17.4 Å². The van der Waals surface area contributed by atoms with Crippen molar-refractivity contribution in [3.05, 3.63) is 90.6 Å². The van der Waals surface area contributed by atoms with Crippen LogP contribution in [0.3, 0.4) is 0 Å². The molecule has 0 aliphatic rings. The maximum absolute atomic E-state index is 12.4. The van der Waals surface area contributed by atoms with Crippen molar-refractivity contribution < 1.29 is 23.7 Å². The fourth-order valence-electron chi connectivity index (χ4n) is 4.08. The summed E-state index contributed by atoms with van der Waals surface area (Å²) in [5.41, 5.74) is 5.61. The van der Waals surface area contributed by atoms with E-state index in [0.29, 0.717) is 39.4 Å². The lowest BCUT2D eigenvalue weighted by Gasteiger charge is -2.14. The molecular weight excluding hydrogens is 703 g/mol. The van der Waals surface area contributed by atoms with Gasteiger partial charge in [-0.05, 0) is 79.5 Å². The van der Waals surface area contributed by atoms with Gasteiger partial charge >= 0.3 is 0 Å². The largest absolute Gasteiger partial charge is 0.493 e. The number of methoxy groups -OCH3 is 2. The Morgan fingerprint density at radius 2 is 1.93 bits per heavy atom. The van der Waals surface area contributed by atoms with Crippen LogP contribution in [-0.2, 0) is 22.7 Å². The molecule has 41 heavy (non-hydrogen) atoms. The SMILES string of the molecule is COCc1c(Br)c(C)nc(OCC(=O)NN=Cc2cc(I)c(OCc3cccc4ccccc34)c(OC)c2)c1C#N. The fourth-order valence-corrected chi connectivity index (χ4v) is 5.26. The quantitative estimate of drug-likeness (QED) is 0.114. The van der Waals surface area contributed by atoms with E-state index >= 15 is 0 Å². The van der Waals surface area contributed by atoms with E-state index in [0.717, 1.165) is 19.9 Å². The van der Waals surface area contributed by atoms with Crippen LogP contribution in [0.15, 0.2) is 64.2 Å². The van der Waals surface area contributed by atoms with Crippen molar-refractivity contribution in [3.8, 4) is 23.4 Å². The van der Waals surface area contributed by atoms with Crippen molar-refractivity contribution >= 4 is 61.4 Å². The normalized spacial score (nSPS) is 10.9. The predicted molar refractivity (Wildman–Crippen MR) is 167 cm³/mol. The average Bonchev–Trinajstić information content (AvgIpc) is 2.97. The molecule has 0 saturated heterocycles. The Morgan fingerprint density at radius 3 is 2.68 bits per heavy atom. The second-order valence-electron chi connectivity index (χ2n) is 8.76. The number of hydrogen-bond acceptors (Lipinski definition) is 8. The zero-order chi connectivity index (χ0) is 29.4. The number of halogens is 2. The second kappa shape index (κ2) is 14.2. The first-order valence-corrected chi connectivity index (χ1v) is 14.2. The summed E-state index contributed by atoms with van der Waals surface area (Å²) in [6.07, 6.45) is 1.50. The summed E-state index contributed by atoms with van der Waals surface area (Å²) in [7, 11) is 3.10. The molecule has 1 amide bonds. The lowest BCUT2D eigenvalue weighted by Crippen LogP contribution is -2.25. The maximum Gasteiger partial charge on any atom is 0.278 e. The second-order valence-corrected chi connectivity index (χ2v) is 10.7. The molecule has 0 unspecified atom stereocenters. The highest BCUT2D eigenvalue weighted by Crippen LogP contribution is 2.35. The highest BCUT2D eigenvalue weighted by molar-refractivity contribution is 14.1. The van der Waals surface area contributed by atoms with E-state index in [1.165, 1.54) is 13.3 Å². The molecule has 9 nitrogen and oxygen atoms in total. The lowest BCUT2D eigenvalue weighted by atomic mass is 10.1. The van der Waals surface area contributed by atoms with Crippen LogP contribution in [0.25, 0.3) is 10.8 Å². The first-order chi connectivity index (χ1) is 19.9. The van der Waals surface area contributed by atoms with Crippen molar-refractivity contribution in [2.75, 3.05) is 20.8 Å². The summed E-state index contributed by atoms with van der Waals surface area (Å²) >= 11 is 5.61. The Balaban J connectivity index is 1.40. The molecule has 0 atom stereocenters. The van der Waals surface area contributed by atoms with Crippen LogP contribution in [0, 0.1) is 21.8 Å². The molecule has 0 aliphatic carbocycles. The van der Waals surface area contributed by atoms with E-state index in [4.69, 9.17) is 18.9 Å². The van der Waals surface area contributed by atoms with Crippen LogP contribution in [-0.4, -0.2) is 37.9 Å². The van der Waals surface area contributed by atoms with Gasteiger partial charge in [-0.2, -0.15) is 10.4 Å². The Bertz CT molecular complexity index is 1650. The van der Waals surface area contributed by atoms with E-state index < -0.39 is 5.91 Å². The van der Waals surface area contributed by atoms with Gasteiger partial charge in [0.15, 0.2) is 18.1 Å². The van der Waals surface area contributed by atoms with Crippen molar-refractivity contribution in [1.82, 2.24) is 10.4 Å². The van der Waals surface area contributed by atoms with E-state index in [9.17, 15) is 10.1 Å². The lowest BCUT2D eigenvalue weighted by molar-refractivity contribution is -0.123. The zero-order valence-electron chi connectivity index (χ0n) is 22.5. The molecular formula is C30H26BrIN4O5. The topological polar surface area (TPSA) is 115 Å². The van der Waals surface area contributed by atoms with Gasteiger partial charge in [0.1, 0.15) is 18.2 Å². The number of aryl methyl sites for hydroxylation is 1. The number of carbonyl (C=O) groups excluding carboxylic acids is 1. The summed E-state index contributed by atoms with van der Waals surface area (Å²) in [5.74, 6) is 0.699. The molecule has 0 bridgehead atoms. The number of nitrogens with zero attached hydrogens (tertiary/aromatic N) is 3. The summed E-state index contributed by atoms with van der Waals surface area (Å²) in [6, 6.07) is 20.0. The van der Waals surface area contributed by atoms with Gasteiger partial charge in [-0.1, -0.05) is 42.5 Å². The monoisotopic (exact) mass is 728 g/mol. The molecule has 0 saturated carbocycles. The van der Waals surface area contributed by atoms with Crippen LogP contribution in [0.1, 0.15) is 27.9 Å². The Morgan fingerprint density at radius 1 is 1.15 bits per heavy atom. The maximum atomic E-state index is 12.4. The molecule has 0 aliphatic heterocycles. The number of hydrogen-bond donors (Lipinski definition) is 1. The summed E-state index contributed by atoms with van der Waals surface area (Å²) < 4.78 is 24.0. The summed E-state index contributed by atoms with van der Waals surface area (Å²) in [5, 5.41) is 15.9. The minimum Gasteiger partial charge on any atom is -0.493 e. The van der Waals surface area contributed by atoms with E-state index in [1.807, 2.05) is 30.3 Å². The third kappa shape index (κ3) is 7.32. The van der Waals surface area contributed by atoms with Crippen molar-refractivity contribution in [3.63, 3.8) is 0 Å². The molecule has 210 valence electrons. The van der Waals surface area contributed by atoms with Gasteiger partial charge in [0.25, 0.3) is 5.91 Å². The van der Waals surface area contributed by atoms with Crippen molar-refractivity contribution in [2.45, 2.75) is 20.1 Å². The molecule has 0 fully saturated rings. The third-order valence-corrected chi connectivity index (χ3v) is 7.87. The molecule has 1 heterocycles. The molecule has 1 N–H and O–H groups in total. The highest BCUT2D eigenvalue weighted by Gasteiger charge is 2.18. The van der Waals surface area contributed by atoms with E-state index in [1.54, 1.807) is 20.1 Å². The number of pyridine rings is 1. The molecule has 3 aromatic carbocycles. The molecule has 0 radical (unpaired) electrons. The average molecular weight is 729 g/mol. The Kier molecular flexibility index (Phi) is 10.5. The zero-order valence-corrected chi connectivity index (χ0v) is 26.3. The number of fused-ring (bicyclic) bond motifs is 1. The molecule has 4 rings (SSSR count). The van der Waals surface area contributed by atoms with Gasteiger partial charge in [-0.15, -0.1) is 0 Å². The van der Waals surface area contributed by atoms with Crippen LogP contribution < -0.4 is 19.6 Å². The van der Waals surface area contributed by atoms with Crippen molar-refractivity contribution in [1.29, 1.82) is 5.26 Å². The van der Waals surface area contributed by atoms with Gasteiger partial charge in [0.05, 0.1) is 29.2 Å². The van der Waals surface area contributed by atoms with E-state index in [2.05, 4.69) is 78.3 Å². The van der Waals surface area contributed by atoms with Gasteiger partial charge < -0.3 is 18.9 Å². The number of ether oxygens (including phenoxy) is 4. The number of carbonyl (C=O) groups is 1. The number of amides is 1. The number of aromatic nitrogens is 1. The summed E-state index contributed by atoms with van der Waals surface area (Å²) in [4.78, 5) is 16.7. The predicted octanol–water partition coefficient (Wildman–Crippen LogP) is 6.05. The fraction of sp³-hybridized carbons (Fsp3) is 0.200. The summed E-state index contributed by atoms with van der Waals surface area (Å²) in [6.45, 7) is 1.95. The number of nitrogens with one attached hydrogen (secondary N) is 1. The molecule has 4 aromatic rings. The van der Waals surface area contributed by atoms with Crippen LogP contribution in [0.4, 0.5) is 0 Å². The minimum atomic E-state index is -0.516. The first-order valence-electron chi connectivity index (χ1n) is 12.4.